The molecule has 0 unspecified atom stereocenters. The molecule has 0 radical (unpaired) electrons. The van der Waals surface area contributed by atoms with Gasteiger partial charge in [0.05, 0.1) is 17.9 Å². The van der Waals surface area contributed by atoms with Gasteiger partial charge in [-0.3, -0.25) is 0 Å². The number of fused-ring (bicyclic) bond motifs is 1. The largest absolute Gasteiger partial charge is 0.475 e. The summed E-state index contributed by atoms with van der Waals surface area (Å²) in [5.41, 5.74) is 3.31. The smallest absolute Gasteiger partial charge is 0.185 e. The van der Waals surface area contributed by atoms with E-state index in [0.717, 1.165) is 16.7 Å². The van der Waals surface area contributed by atoms with Crippen LogP contribution in [0.15, 0.2) is 36.6 Å². The Kier molecular flexibility index (Phi) is 2.53. The van der Waals surface area contributed by atoms with Crippen molar-refractivity contribution < 1.29 is 9.84 Å². The van der Waals surface area contributed by atoms with Crippen molar-refractivity contribution in [3.8, 4) is 6.07 Å². The standard InChI is InChI=1S/C12H9NO2/c13-6-9-5-10(7-15-8-14)12-4-2-1-3-11(9)12/h1-5,7,14H,8H2/b10-7+. The first-order valence-corrected chi connectivity index (χ1v) is 4.51. The Morgan fingerprint density at radius 1 is 1.33 bits per heavy atom. The van der Waals surface area contributed by atoms with Crippen LogP contribution in [-0.2, 0) is 4.74 Å². The van der Waals surface area contributed by atoms with Crippen molar-refractivity contribution in [2.24, 2.45) is 0 Å². The van der Waals surface area contributed by atoms with Crippen LogP contribution >= 0.6 is 0 Å². The predicted octanol–water partition coefficient (Wildman–Crippen LogP) is 1.91. The third-order valence-electron chi connectivity index (χ3n) is 2.23. The molecule has 0 amide bonds. The van der Waals surface area contributed by atoms with E-state index in [1.54, 1.807) is 6.08 Å². The second kappa shape index (κ2) is 3.99. The van der Waals surface area contributed by atoms with Gasteiger partial charge in [-0.1, -0.05) is 24.3 Å². The minimum Gasteiger partial charge on any atom is -0.475 e. The maximum absolute atomic E-state index is 8.92. The van der Waals surface area contributed by atoms with Crippen molar-refractivity contribution in [2.45, 2.75) is 0 Å². The van der Waals surface area contributed by atoms with Crippen molar-refractivity contribution in [3.63, 3.8) is 0 Å². The van der Waals surface area contributed by atoms with Crippen molar-refractivity contribution >= 4 is 11.1 Å². The normalized spacial score (nSPS) is 15.7. The van der Waals surface area contributed by atoms with Gasteiger partial charge in [-0.25, -0.2) is 0 Å². The quantitative estimate of drug-likeness (QED) is 0.584. The Morgan fingerprint density at radius 2 is 2.07 bits per heavy atom. The summed E-state index contributed by atoms with van der Waals surface area (Å²) < 4.78 is 4.81. The highest BCUT2D eigenvalue weighted by atomic mass is 16.6. The molecule has 1 aliphatic rings. The molecule has 3 nitrogen and oxygen atoms in total. The van der Waals surface area contributed by atoms with E-state index >= 15 is 0 Å². The lowest BCUT2D eigenvalue weighted by molar-refractivity contribution is 0.0610. The number of allylic oxidation sites excluding steroid dienone is 3. The van der Waals surface area contributed by atoms with E-state index in [4.69, 9.17) is 15.1 Å². The fourth-order valence-electron chi connectivity index (χ4n) is 1.60. The second-order valence-electron chi connectivity index (χ2n) is 3.08. The molecule has 1 aromatic rings. The van der Waals surface area contributed by atoms with Gasteiger partial charge >= 0.3 is 0 Å². The van der Waals surface area contributed by atoms with Crippen LogP contribution in [0.25, 0.3) is 11.1 Å². The van der Waals surface area contributed by atoms with Crippen molar-refractivity contribution in [2.75, 3.05) is 6.79 Å². The van der Waals surface area contributed by atoms with Crippen LogP contribution in [0.1, 0.15) is 11.1 Å². The molecule has 0 fully saturated rings. The first-order chi connectivity index (χ1) is 7.36. The van der Waals surface area contributed by atoms with E-state index in [1.807, 2.05) is 24.3 Å². The van der Waals surface area contributed by atoms with Crippen LogP contribution in [-0.4, -0.2) is 11.9 Å². The minimum atomic E-state index is -0.360. The Bertz CT molecular complexity index is 481. The van der Waals surface area contributed by atoms with E-state index in [-0.39, 0.29) is 6.79 Å². The van der Waals surface area contributed by atoms with E-state index in [0.29, 0.717) is 5.57 Å². The van der Waals surface area contributed by atoms with Crippen LogP contribution < -0.4 is 0 Å². The van der Waals surface area contributed by atoms with E-state index < -0.39 is 0 Å². The molecular weight excluding hydrogens is 190 g/mol. The lowest BCUT2D eigenvalue weighted by atomic mass is 10.1. The summed E-state index contributed by atoms with van der Waals surface area (Å²) in [6.07, 6.45) is 3.21. The number of rotatable bonds is 2. The molecule has 0 saturated carbocycles. The highest BCUT2D eigenvalue weighted by Crippen LogP contribution is 2.34. The number of nitrogens with zero attached hydrogens (tertiary/aromatic N) is 1. The molecule has 0 aliphatic heterocycles. The van der Waals surface area contributed by atoms with Crippen LogP contribution in [0, 0.1) is 11.3 Å². The van der Waals surface area contributed by atoms with Gasteiger partial charge in [0.25, 0.3) is 0 Å². The molecule has 1 aromatic carbocycles. The molecule has 0 heterocycles. The summed E-state index contributed by atoms with van der Waals surface area (Å²) in [6.45, 7) is -0.360. The SMILES string of the molecule is N#CC1=C/C(=C\OCO)c2ccccc21. The lowest BCUT2D eigenvalue weighted by Gasteiger charge is -2.00. The fraction of sp³-hybridized carbons (Fsp3) is 0.0833. The van der Waals surface area contributed by atoms with Gasteiger partial charge in [0.2, 0.25) is 0 Å². The van der Waals surface area contributed by atoms with Gasteiger partial charge in [-0.05, 0) is 11.6 Å². The average Bonchev–Trinajstić information content (AvgIpc) is 2.65. The van der Waals surface area contributed by atoms with Gasteiger partial charge in [0.15, 0.2) is 6.79 Å². The first kappa shape index (κ1) is 9.50. The summed E-state index contributed by atoms with van der Waals surface area (Å²) >= 11 is 0. The molecule has 0 spiro atoms. The van der Waals surface area contributed by atoms with Crippen molar-refractivity contribution in [3.05, 3.63) is 47.7 Å². The number of aliphatic hydroxyl groups is 1. The van der Waals surface area contributed by atoms with Crippen molar-refractivity contribution in [1.29, 1.82) is 5.26 Å². The average molecular weight is 199 g/mol. The molecule has 1 aliphatic carbocycles. The molecule has 0 atom stereocenters. The van der Waals surface area contributed by atoms with E-state index in [9.17, 15) is 0 Å². The zero-order valence-corrected chi connectivity index (χ0v) is 7.97. The second-order valence-corrected chi connectivity index (χ2v) is 3.08. The van der Waals surface area contributed by atoms with Crippen LogP contribution in [0.2, 0.25) is 0 Å². The van der Waals surface area contributed by atoms with Crippen LogP contribution in [0.5, 0.6) is 0 Å². The zero-order chi connectivity index (χ0) is 10.7. The highest BCUT2D eigenvalue weighted by molar-refractivity contribution is 5.99. The Morgan fingerprint density at radius 3 is 2.73 bits per heavy atom. The summed E-state index contributed by atoms with van der Waals surface area (Å²) in [5.74, 6) is 0. The molecule has 15 heavy (non-hydrogen) atoms. The fourth-order valence-corrected chi connectivity index (χ4v) is 1.60. The maximum Gasteiger partial charge on any atom is 0.185 e. The van der Waals surface area contributed by atoms with Gasteiger partial charge in [0.1, 0.15) is 0 Å². The van der Waals surface area contributed by atoms with Gasteiger partial charge < -0.3 is 9.84 Å². The Balaban J connectivity index is 2.47. The summed E-state index contributed by atoms with van der Waals surface area (Å²) in [6, 6.07) is 9.73. The molecule has 0 bridgehead atoms. The maximum atomic E-state index is 8.92. The molecule has 1 N–H and O–H groups in total. The lowest BCUT2D eigenvalue weighted by Crippen LogP contribution is -1.85. The van der Waals surface area contributed by atoms with E-state index in [1.165, 1.54) is 6.26 Å². The number of hydrogen-bond acceptors (Lipinski definition) is 3. The molecule has 3 heteroatoms. The number of aliphatic hydroxyl groups excluding tert-OH is 1. The number of nitriles is 1. The molecular formula is C12H9NO2. The van der Waals surface area contributed by atoms with Gasteiger partial charge in [0, 0.05) is 11.1 Å². The number of ether oxygens (including phenoxy) is 1. The monoisotopic (exact) mass is 199 g/mol. The van der Waals surface area contributed by atoms with Crippen molar-refractivity contribution in [1.82, 2.24) is 0 Å². The third kappa shape index (κ3) is 1.63. The molecule has 2 rings (SSSR count). The summed E-state index contributed by atoms with van der Waals surface area (Å²) in [7, 11) is 0. The third-order valence-corrected chi connectivity index (χ3v) is 2.23. The van der Waals surface area contributed by atoms with Crippen LogP contribution in [0.3, 0.4) is 0 Å². The Hall–Kier alpha value is -2.05. The number of benzene rings is 1. The zero-order valence-electron chi connectivity index (χ0n) is 7.97. The summed E-state index contributed by atoms with van der Waals surface area (Å²) in [4.78, 5) is 0. The highest BCUT2D eigenvalue weighted by Gasteiger charge is 2.17. The topological polar surface area (TPSA) is 53.2 Å². The van der Waals surface area contributed by atoms with Gasteiger partial charge in [-0.2, -0.15) is 5.26 Å². The Labute approximate surface area is 87.5 Å². The molecule has 74 valence electrons. The molecule has 0 saturated heterocycles. The van der Waals surface area contributed by atoms with Crippen LogP contribution in [0.4, 0.5) is 0 Å². The minimum absolute atomic E-state index is 0.360. The molecule has 0 aromatic heterocycles. The van der Waals surface area contributed by atoms with Gasteiger partial charge in [-0.15, -0.1) is 0 Å². The summed E-state index contributed by atoms with van der Waals surface area (Å²) in [5, 5.41) is 17.5. The first-order valence-electron chi connectivity index (χ1n) is 4.51. The van der Waals surface area contributed by atoms with E-state index in [2.05, 4.69) is 6.07 Å². The number of hydrogen-bond donors (Lipinski definition) is 1. The predicted molar refractivity (Wildman–Crippen MR) is 56.2 cm³/mol.